The van der Waals surface area contributed by atoms with Crippen molar-refractivity contribution in [2.24, 2.45) is 14.1 Å². The average molecular weight is 403 g/mol. The fourth-order valence-corrected chi connectivity index (χ4v) is 3.99. The maximum absolute atomic E-state index is 12.5. The molecule has 0 radical (unpaired) electrons. The highest BCUT2D eigenvalue weighted by atomic mass is 32.2. The van der Waals surface area contributed by atoms with E-state index in [1.165, 1.54) is 16.3 Å². The molecule has 0 aliphatic carbocycles. The molecule has 4 aromatic rings. The molecule has 29 heavy (non-hydrogen) atoms. The van der Waals surface area contributed by atoms with Gasteiger partial charge in [0, 0.05) is 14.1 Å². The Labute approximate surface area is 170 Å². The van der Waals surface area contributed by atoms with E-state index in [0.717, 1.165) is 11.0 Å². The van der Waals surface area contributed by atoms with E-state index in [9.17, 15) is 15.2 Å². The number of benzene rings is 2. The number of hydrogen-bond acceptors (Lipinski definition) is 6. The number of imidazole rings is 1. The van der Waals surface area contributed by atoms with Crippen LogP contribution < -0.4 is 5.56 Å². The molecule has 2 heterocycles. The van der Waals surface area contributed by atoms with Gasteiger partial charge in [0.05, 0.1) is 27.7 Å². The zero-order valence-electron chi connectivity index (χ0n) is 15.8. The number of rotatable bonds is 4. The van der Waals surface area contributed by atoms with Crippen molar-refractivity contribution >= 4 is 39.3 Å². The molecule has 0 aliphatic rings. The second-order valence-corrected chi connectivity index (χ2v) is 7.42. The number of nitrogens with zero attached hydrogens (tertiary/aromatic N) is 5. The minimum Gasteiger partial charge on any atom is -0.510 e. The van der Waals surface area contributed by atoms with Crippen LogP contribution in [-0.2, 0) is 14.1 Å². The van der Waals surface area contributed by atoms with Crippen LogP contribution in [0.4, 0.5) is 0 Å². The van der Waals surface area contributed by atoms with E-state index in [4.69, 9.17) is 0 Å². The van der Waals surface area contributed by atoms with Crippen LogP contribution in [-0.4, -0.2) is 30.0 Å². The van der Waals surface area contributed by atoms with Gasteiger partial charge in [-0.3, -0.25) is 9.36 Å². The third-order valence-corrected chi connectivity index (χ3v) is 5.73. The van der Waals surface area contributed by atoms with Crippen LogP contribution in [0.5, 0.6) is 0 Å². The number of aliphatic hydroxyl groups excluding tert-OH is 1. The highest BCUT2D eigenvalue weighted by molar-refractivity contribution is 7.99. The monoisotopic (exact) mass is 403 g/mol. The molecule has 1 N–H and O–H groups in total. The predicted molar refractivity (Wildman–Crippen MR) is 114 cm³/mol. The molecule has 4 rings (SSSR count). The van der Waals surface area contributed by atoms with Crippen molar-refractivity contribution in [2.45, 2.75) is 5.16 Å². The van der Waals surface area contributed by atoms with Gasteiger partial charge in [0.1, 0.15) is 17.4 Å². The van der Waals surface area contributed by atoms with E-state index in [1.54, 1.807) is 36.9 Å². The minimum absolute atomic E-state index is 0.0880. The molecule has 0 atom stereocenters. The van der Waals surface area contributed by atoms with Crippen molar-refractivity contribution in [1.82, 2.24) is 19.1 Å². The molecular weight excluding hydrogens is 386 g/mol. The molecule has 0 spiro atoms. The molecule has 0 saturated heterocycles. The third-order valence-electron chi connectivity index (χ3n) is 4.69. The average Bonchev–Trinajstić information content (AvgIpc) is 3.07. The summed E-state index contributed by atoms with van der Waals surface area (Å²) in [5.41, 5.74) is 2.16. The third kappa shape index (κ3) is 3.26. The standard InChI is InChI=1S/C21H17N5O2S/c1-25-17-10-6-5-9-16(17)23-19(25)14(11-22)18(27)12-29-21-24-15-8-4-3-7-13(15)20(28)26(21)2/h3-10,27H,12H2,1-2H3/b18-14-. The van der Waals surface area contributed by atoms with Crippen molar-refractivity contribution in [2.75, 3.05) is 5.75 Å². The van der Waals surface area contributed by atoms with E-state index in [2.05, 4.69) is 16.0 Å². The summed E-state index contributed by atoms with van der Waals surface area (Å²) < 4.78 is 3.22. The second kappa shape index (κ2) is 7.45. The number of aliphatic hydroxyl groups is 1. The summed E-state index contributed by atoms with van der Waals surface area (Å²) in [4.78, 5) is 21.5. The first-order valence-corrected chi connectivity index (χ1v) is 9.82. The van der Waals surface area contributed by atoms with Gasteiger partial charge in [-0.2, -0.15) is 5.26 Å². The highest BCUT2D eigenvalue weighted by Gasteiger charge is 2.17. The quantitative estimate of drug-likeness (QED) is 0.243. The number of fused-ring (bicyclic) bond motifs is 2. The predicted octanol–water partition coefficient (Wildman–Crippen LogP) is 3.41. The molecule has 8 heteroatoms. The Balaban J connectivity index is 1.70. The van der Waals surface area contributed by atoms with E-state index in [-0.39, 0.29) is 22.6 Å². The number of thioether (sulfide) groups is 1. The first-order valence-electron chi connectivity index (χ1n) is 8.84. The number of aromatic nitrogens is 4. The van der Waals surface area contributed by atoms with E-state index >= 15 is 0 Å². The van der Waals surface area contributed by atoms with Crippen molar-refractivity contribution in [3.05, 3.63) is 70.5 Å². The topological polar surface area (TPSA) is 96.7 Å². The molecule has 0 unspecified atom stereocenters. The van der Waals surface area contributed by atoms with Gasteiger partial charge in [-0.25, -0.2) is 9.97 Å². The van der Waals surface area contributed by atoms with Gasteiger partial charge < -0.3 is 9.67 Å². The lowest BCUT2D eigenvalue weighted by atomic mass is 10.2. The SMILES string of the molecule is Cn1c(SC/C(O)=C(\C#N)c2nc3ccccc3n2C)nc2ccccc2c1=O. The molecule has 144 valence electrons. The molecule has 2 aromatic carbocycles. The first kappa shape index (κ1) is 18.8. The smallest absolute Gasteiger partial charge is 0.261 e. The molecule has 0 bridgehead atoms. The lowest BCUT2D eigenvalue weighted by Gasteiger charge is -2.09. The van der Waals surface area contributed by atoms with Gasteiger partial charge in [0.15, 0.2) is 11.0 Å². The Hall–Kier alpha value is -3.57. The number of hydrogen-bond donors (Lipinski definition) is 1. The number of para-hydroxylation sites is 3. The van der Waals surface area contributed by atoms with Crippen molar-refractivity contribution in [3.63, 3.8) is 0 Å². The van der Waals surface area contributed by atoms with Crippen molar-refractivity contribution in [1.29, 1.82) is 5.26 Å². The summed E-state index contributed by atoms with van der Waals surface area (Å²) in [5.74, 6) is 0.371. The Morgan fingerprint density at radius 1 is 1.07 bits per heavy atom. The molecule has 0 aliphatic heterocycles. The van der Waals surface area contributed by atoms with Crippen LogP contribution in [0.15, 0.2) is 64.2 Å². The Bertz CT molecular complexity index is 1380. The van der Waals surface area contributed by atoms with Crippen LogP contribution in [0, 0.1) is 11.3 Å². The summed E-state index contributed by atoms with van der Waals surface area (Å²) in [7, 11) is 3.44. The lowest BCUT2D eigenvalue weighted by molar-refractivity contribution is 0.420. The molecule has 0 saturated carbocycles. The van der Waals surface area contributed by atoms with Crippen molar-refractivity contribution < 1.29 is 5.11 Å². The molecule has 0 fully saturated rings. The van der Waals surface area contributed by atoms with E-state index in [0.29, 0.717) is 21.9 Å². The molecule has 7 nitrogen and oxygen atoms in total. The number of allylic oxidation sites excluding steroid dienone is 1. The van der Waals surface area contributed by atoms with Gasteiger partial charge in [-0.15, -0.1) is 0 Å². The van der Waals surface area contributed by atoms with Crippen molar-refractivity contribution in [3.8, 4) is 6.07 Å². The minimum atomic E-state index is -0.155. The van der Waals surface area contributed by atoms with E-state index in [1.807, 2.05) is 30.3 Å². The zero-order valence-corrected chi connectivity index (χ0v) is 16.6. The van der Waals surface area contributed by atoms with E-state index < -0.39 is 0 Å². The Kier molecular flexibility index (Phi) is 4.82. The Morgan fingerprint density at radius 3 is 2.48 bits per heavy atom. The lowest BCUT2D eigenvalue weighted by Crippen LogP contribution is -2.20. The van der Waals surface area contributed by atoms with Gasteiger partial charge >= 0.3 is 0 Å². The maximum Gasteiger partial charge on any atom is 0.261 e. The number of nitriles is 1. The summed E-state index contributed by atoms with van der Waals surface area (Å²) in [5, 5.41) is 21.2. The molecule has 0 amide bonds. The summed E-state index contributed by atoms with van der Waals surface area (Å²) in [6.07, 6.45) is 0. The largest absolute Gasteiger partial charge is 0.510 e. The molecule has 2 aromatic heterocycles. The zero-order chi connectivity index (χ0) is 20.5. The normalized spacial score (nSPS) is 12.2. The fraction of sp³-hybridized carbons (Fsp3) is 0.143. The van der Waals surface area contributed by atoms with Crippen LogP contribution in [0.3, 0.4) is 0 Å². The first-order chi connectivity index (χ1) is 14.0. The van der Waals surface area contributed by atoms with Gasteiger partial charge in [0.2, 0.25) is 0 Å². The van der Waals surface area contributed by atoms with Crippen LogP contribution in [0.1, 0.15) is 5.82 Å². The van der Waals surface area contributed by atoms with Gasteiger partial charge in [0.25, 0.3) is 5.56 Å². The summed E-state index contributed by atoms with van der Waals surface area (Å²) in [6.45, 7) is 0. The summed E-state index contributed by atoms with van der Waals surface area (Å²) in [6, 6.07) is 16.7. The van der Waals surface area contributed by atoms with Gasteiger partial charge in [-0.1, -0.05) is 36.0 Å². The van der Waals surface area contributed by atoms with Crippen LogP contribution in [0.25, 0.3) is 27.5 Å². The molecular formula is C21H17N5O2S. The maximum atomic E-state index is 12.5. The second-order valence-electron chi connectivity index (χ2n) is 6.48. The fourth-order valence-electron chi connectivity index (χ4n) is 3.14. The summed E-state index contributed by atoms with van der Waals surface area (Å²) >= 11 is 1.19. The van der Waals surface area contributed by atoms with Crippen LogP contribution in [0.2, 0.25) is 0 Å². The Morgan fingerprint density at radius 2 is 1.76 bits per heavy atom. The number of aryl methyl sites for hydroxylation is 1. The van der Waals surface area contributed by atoms with Gasteiger partial charge in [-0.05, 0) is 24.3 Å². The highest BCUT2D eigenvalue weighted by Crippen LogP contribution is 2.25. The van der Waals surface area contributed by atoms with Crippen LogP contribution >= 0.6 is 11.8 Å².